The number of hydrogen-bond donors (Lipinski definition) is 0. The first-order chi connectivity index (χ1) is 13.3. The smallest absolute Gasteiger partial charge is 0.295 e. The fourth-order valence-electron chi connectivity index (χ4n) is 3.31. The van der Waals surface area contributed by atoms with Crippen LogP contribution in [0.25, 0.3) is 10.7 Å². The number of sulfonamides is 1. The van der Waals surface area contributed by atoms with Gasteiger partial charge in [0.15, 0.2) is 11.6 Å². The first-order valence-electron chi connectivity index (χ1n) is 8.59. The molecule has 0 atom stereocenters. The summed E-state index contributed by atoms with van der Waals surface area (Å²) < 4.78 is 31.2. The molecule has 1 aliphatic heterocycles. The second kappa shape index (κ2) is 7.02. The van der Waals surface area contributed by atoms with Crippen LogP contribution in [0, 0.1) is 0 Å². The zero-order chi connectivity index (χ0) is 19.9. The number of carbonyl (C=O) groups excluding carboxylic acids is 1. The van der Waals surface area contributed by atoms with Gasteiger partial charge in [-0.1, -0.05) is 11.2 Å². The average Bonchev–Trinajstić information content (AvgIpc) is 3.30. The molecule has 0 unspecified atom stereocenters. The minimum absolute atomic E-state index is 0.204. The quantitative estimate of drug-likeness (QED) is 0.587. The minimum atomic E-state index is -3.37. The number of thiophene rings is 1. The molecule has 10 heteroatoms. The van der Waals surface area contributed by atoms with Gasteiger partial charge in [-0.3, -0.25) is 13.6 Å². The number of carbonyl (C=O) groups is 1. The highest BCUT2D eigenvalue weighted by Gasteiger charge is 2.25. The molecule has 0 amide bonds. The van der Waals surface area contributed by atoms with Crippen LogP contribution in [0.1, 0.15) is 22.3 Å². The van der Waals surface area contributed by atoms with E-state index in [1.54, 1.807) is 24.3 Å². The van der Waals surface area contributed by atoms with Crippen molar-refractivity contribution >= 4 is 32.8 Å². The van der Waals surface area contributed by atoms with Crippen molar-refractivity contribution in [1.29, 1.82) is 0 Å². The summed E-state index contributed by atoms with van der Waals surface area (Å²) in [6.45, 7) is 0.226. The summed E-state index contributed by atoms with van der Waals surface area (Å²) in [5.41, 5.74) is 1.82. The Balaban J connectivity index is 1.64. The number of fused-ring (bicyclic) bond motifs is 1. The van der Waals surface area contributed by atoms with Crippen LogP contribution in [-0.4, -0.2) is 36.7 Å². The van der Waals surface area contributed by atoms with E-state index in [2.05, 4.69) is 5.16 Å². The molecule has 1 aromatic carbocycles. The predicted molar refractivity (Wildman–Crippen MR) is 105 cm³/mol. The fraction of sp³-hybridized carbons (Fsp3) is 0.278. The van der Waals surface area contributed by atoms with Gasteiger partial charge in [0.2, 0.25) is 10.0 Å². The lowest BCUT2D eigenvalue weighted by Gasteiger charge is -2.29. The molecule has 0 N–H and O–H groups in total. The van der Waals surface area contributed by atoms with E-state index in [9.17, 15) is 18.0 Å². The molecule has 3 heterocycles. The lowest BCUT2D eigenvalue weighted by atomic mass is 9.99. The van der Waals surface area contributed by atoms with Gasteiger partial charge in [0.25, 0.3) is 0 Å². The zero-order valence-electron chi connectivity index (χ0n) is 15.0. The molecule has 28 heavy (non-hydrogen) atoms. The average molecular weight is 419 g/mol. The first-order valence-corrected chi connectivity index (χ1v) is 11.3. The summed E-state index contributed by atoms with van der Waals surface area (Å²) in [5, 5.41) is 5.62. The lowest BCUT2D eigenvalue weighted by molar-refractivity contribution is 0.0969. The van der Waals surface area contributed by atoms with Crippen LogP contribution in [0.5, 0.6) is 0 Å². The molecule has 0 radical (unpaired) electrons. The summed E-state index contributed by atoms with van der Waals surface area (Å²) in [6, 6.07) is 8.57. The van der Waals surface area contributed by atoms with E-state index in [1.807, 2.05) is 11.4 Å². The van der Waals surface area contributed by atoms with Crippen molar-refractivity contribution in [3.05, 3.63) is 57.4 Å². The molecule has 0 aliphatic carbocycles. The van der Waals surface area contributed by atoms with Crippen LogP contribution in [0.2, 0.25) is 0 Å². The molecular weight excluding hydrogens is 402 g/mol. The van der Waals surface area contributed by atoms with Crippen molar-refractivity contribution in [1.82, 2.24) is 9.72 Å². The Morgan fingerprint density at radius 1 is 1.32 bits per heavy atom. The Morgan fingerprint density at radius 2 is 2.14 bits per heavy atom. The molecule has 4 rings (SSSR count). The van der Waals surface area contributed by atoms with E-state index in [-0.39, 0.29) is 12.3 Å². The Morgan fingerprint density at radius 3 is 2.86 bits per heavy atom. The monoisotopic (exact) mass is 419 g/mol. The number of nitrogens with zero attached hydrogens (tertiary/aromatic N) is 3. The van der Waals surface area contributed by atoms with Crippen LogP contribution >= 0.6 is 11.3 Å². The van der Waals surface area contributed by atoms with Gasteiger partial charge in [-0.25, -0.2) is 17.8 Å². The third kappa shape index (κ3) is 3.40. The van der Waals surface area contributed by atoms with Gasteiger partial charge in [-0.15, -0.1) is 11.3 Å². The third-order valence-corrected chi connectivity index (χ3v) is 6.65. The molecule has 2 aromatic heterocycles. The minimum Gasteiger partial charge on any atom is -0.295 e. The van der Waals surface area contributed by atoms with Crippen molar-refractivity contribution in [2.24, 2.45) is 0 Å². The Labute approximate surface area is 165 Å². The topological polar surface area (TPSA) is 102 Å². The summed E-state index contributed by atoms with van der Waals surface area (Å²) in [5.74, 6) is -0.657. The van der Waals surface area contributed by atoms with Gasteiger partial charge < -0.3 is 0 Å². The van der Waals surface area contributed by atoms with Gasteiger partial charge in [0.1, 0.15) is 0 Å². The number of Topliss-reactive ketones (excluding diaryl/α,β-unsaturated/α-hetero) is 1. The second-order valence-corrected chi connectivity index (χ2v) is 9.40. The summed E-state index contributed by atoms with van der Waals surface area (Å²) in [4.78, 5) is 25.5. The van der Waals surface area contributed by atoms with E-state index in [1.165, 1.54) is 26.5 Å². The molecule has 1 aliphatic rings. The van der Waals surface area contributed by atoms with E-state index < -0.39 is 15.8 Å². The predicted octanol–water partition coefficient (Wildman–Crippen LogP) is 2.16. The normalized spacial score (nSPS) is 14.1. The van der Waals surface area contributed by atoms with E-state index in [0.29, 0.717) is 36.5 Å². The molecule has 0 bridgehead atoms. The number of hydrogen-bond acceptors (Lipinski definition) is 7. The molecule has 0 spiro atoms. The van der Waals surface area contributed by atoms with Gasteiger partial charge in [0.05, 0.1) is 23.4 Å². The van der Waals surface area contributed by atoms with E-state index in [4.69, 9.17) is 4.52 Å². The number of rotatable bonds is 5. The van der Waals surface area contributed by atoms with Gasteiger partial charge in [0, 0.05) is 12.1 Å². The van der Waals surface area contributed by atoms with Crippen LogP contribution in [0.4, 0.5) is 5.69 Å². The molecule has 0 saturated heterocycles. The number of anilines is 1. The largest absolute Gasteiger partial charge is 0.442 e. The number of aryl methyl sites for hydroxylation is 1. The van der Waals surface area contributed by atoms with Crippen LogP contribution in [-0.2, 0) is 23.0 Å². The molecule has 0 fully saturated rings. The van der Waals surface area contributed by atoms with Crippen molar-refractivity contribution in [3.8, 4) is 10.7 Å². The van der Waals surface area contributed by atoms with Crippen molar-refractivity contribution in [2.75, 3.05) is 17.1 Å². The summed E-state index contributed by atoms with van der Waals surface area (Å²) in [6.07, 6.45) is 2.55. The lowest BCUT2D eigenvalue weighted by Crippen LogP contribution is -2.34. The number of aromatic nitrogens is 2. The Bertz CT molecular complexity index is 1190. The van der Waals surface area contributed by atoms with Crippen molar-refractivity contribution in [3.63, 3.8) is 0 Å². The molecule has 146 valence electrons. The zero-order valence-corrected chi connectivity index (χ0v) is 16.6. The van der Waals surface area contributed by atoms with Gasteiger partial charge in [-0.2, -0.15) is 0 Å². The summed E-state index contributed by atoms with van der Waals surface area (Å²) >= 11 is 1.39. The van der Waals surface area contributed by atoms with Crippen LogP contribution in [0.15, 0.2) is 45.0 Å². The first kappa shape index (κ1) is 18.6. The van der Waals surface area contributed by atoms with Gasteiger partial charge in [-0.05, 0) is 48.1 Å². The standard InChI is InChI=1S/C18H17N3O5S2/c1-28(24,25)21-8-2-4-12-10-13(6-7-14(12)21)15(22)11-20-17(19-26-18(20)23)16-5-3-9-27-16/h3,5-7,9-10H,2,4,8,11H2,1H3. The molecule has 0 saturated carbocycles. The third-order valence-electron chi connectivity index (χ3n) is 4.61. The molecular formula is C18H17N3O5S2. The molecule has 3 aromatic rings. The maximum atomic E-state index is 12.8. The fourth-order valence-corrected chi connectivity index (χ4v) is 5.02. The summed E-state index contributed by atoms with van der Waals surface area (Å²) in [7, 11) is -3.37. The highest BCUT2D eigenvalue weighted by molar-refractivity contribution is 7.92. The van der Waals surface area contributed by atoms with E-state index >= 15 is 0 Å². The number of ketones is 1. The molecule has 8 nitrogen and oxygen atoms in total. The highest BCUT2D eigenvalue weighted by Crippen LogP contribution is 2.30. The van der Waals surface area contributed by atoms with Crippen molar-refractivity contribution < 1.29 is 17.7 Å². The Kier molecular flexibility index (Phi) is 4.68. The van der Waals surface area contributed by atoms with Crippen LogP contribution in [0.3, 0.4) is 0 Å². The SMILES string of the molecule is CS(=O)(=O)N1CCCc2cc(C(=O)Cn3c(-c4cccs4)noc3=O)ccc21. The van der Waals surface area contributed by atoms with Crippen LogP contribution < -0.4 is 10.1 Å². The highest BCUT2D eigenvalue weighted by atomic mass is 32.2. The number of benzene rings is 1. The van der Waals surface area contributed by atoms with Gasteiger partial charge >= 0.3 is 5.76 Å². The Hall–Kier alpha value is -2.72. The van der Waals surface area contributed by atoms with Crippen molar-refractivity contribution in [2.45, 2.75) is 19.4 Å². The maximum absolute atomic E-state index is 12.8. The second-order valence-electron chi connectivity index (χ2n) is 6.54. The maximum Gasteiger partial charge on any atom is 0.442 e. The van der Waals surface area contributed by atoms with E-state index in [0.717, 1.165) is 10.4 Å².